The summed E-state index contributed by atoms with van der Waals surface area (Å²) in [6, 6.07) is 0. The van der Waals surface area contributed by atoms with E-state index in [4.69, 9.17) is 4.43 Å². The summed E-state index contributed by atoms with van der Waals surface area (Å²) in [6.45, 7) is 13.8. The van der Waals surface area contributed by atoms with Gasteiger partial charge >= 0.3 is 0 Å². The molecule has 1 atom stereocenters. The smallest absolute Gasteiger partial charge is 0.184 e. The molecule has 1 unspecified atom stereocenters. The average Bonchev–Trinajstić information content (AvgIpc) is 2.19. The summed E-state index contributed by atoms with van der Waals surface area (Å²) in [6.07, 6.45) is 7.47. The van der Waals surface area contributed by atoms with Gasteiger partial charge in [0.25, 0.3) is 0 Å². The van der Waals surface area contributed by atoms with Gasteiger partial charge in [0.15, 0.2) is 8.32 Å². The van der Waals surface area contributed by atoms with Crippen LogP contribution in [0.1, 0.15) is 46.5 Å². The second-order valence-corrected chi connectivity index (χ2v) is 11.6. The van der Waals surface area contributed by atoms with Crippen LogP contribution >= 0.6 is 22.6 Å². The van der Waals surface area contributed by atoms with Gasteiger partial charge in [-0.15, -0.1) is 0 Å². The SMILES string of the molecule is CCCCC(C)(C)C(CC=CI)O[Si](C)(C)C. The van der Waals surface area contributed by atoms with Crippen LogP contribution in [-0.4, -0.2) is 14.4 Å². The van der Waals surface area contributed by atoms with Crippen LogP contribution in [0.3, 0.4) is 0 Å². The standard InChI is InChI=1S/C14H29IOSi/c1-7-8-11-14(2,3)13(10-9-12-15)16-17(4,5)6/h9,12-13H,7-8,10-11H2,1-6H3. The van der Waals surface area contributed by atoms with Crippen molar-refractivity contribution in [1.82, 2.24) is 0 Å². The molecule has 0 amide bonds. The Morgan fingerprint density at radius 3 is 2.29 bits per heavy atom. The summed E-state index contributed by atoms with van der Waals surface area (Å²) in [5, 5.41) is 0. The zero-order chi connectivity index (χ0) is 13.5. The van der Waals surface area contributed by atoms with Gasteiger partial charge in [-0.25, -0.2) is 0 Å². The fourth-order valence-corrected chi connectivity index (χ4v) is 3.48. The van der Waals surface area contributed by atoms with Crippen molar-refractivity contribution >= 4 is 30.9 Å². The van der Waals surface area contributed by atoms with E-state index in [0.717, 1.165) is 6.42 Å². The molecule has 0 fully saturated rings. The Kier molecular flexibility index (Phi) is 8.25. The van der Waals surface area contributed by atoms with Crippen molar-refractivity contribution in [2.45, 2.75) is 72.2 Å². The molecule has 0 aromatic heterocycles. The van der Waals surface area contributed by atoms with Crippen LogP contribution in [0.5, 0.6) is 0 Å². The first-order valence-electron chi connectivity index (χ1n) is 6.66. The fourth-order valence-electron chi connectivity index (χ4n) is 1.92. The van der Waals surface area contributed by atoms with Gasteiger partial charge in [-0.3, -0.25) is 0 Å². The zero-order valence-electron chi connectivity index (χ0n) is 12.3. The predicted octanol–water partition coefficient (Wildman–Crippen LogP) is 5.76. The lowest BCUT2D eigenvalue weighted by atomic mass is 9.80. The van der Waals surface area contributed by atoms with E-state index in [-0.39, 0.29) is 5.41 Å². The van der Waals surface area contributed by atoms with E-state index in [1.165, 1.54) is 19.3 Å². The average molecular weight is 368 g/mol. The molecule has 0 saturated heterocycles. The van der Waals surface area contributed by atoms with Gasteiger partial charge in [0.05, 0.1) is 6.10 Å². The van der Waals surface area contributed by atoms with Crippen molar-refractivity contribution in [3.8, 4) is 0 Å². The van der Waals surface area contributed by atoms with Crippen molar-refractivity contribution in [1.29, 1.82) is 0 Å². The minimum atomic E-state index is -1.46. The lowest BCUT2D eigenvalue weighted by Crippen LogP contribution is -2.40. The lowest BCUT2D eigenvalue weighted by molar-refractivity contribution is 0.0605. The number of hydrogen-bond donors (Lipinski definition) is 0. The van der Waals surface area contributed by atoms with Crippen LogP contribution in [0.15, 0.2) is 10.2 Å². The van der Waals surface area contributed by atoms with Crippen molar-refractivity contribution in [2.75, 3.05) is 0 Å². The third kappa shape index (κ3) is 8.38. The van der Waals surface area contributed by atoms with Gasteiger partial charge < -0.3 is 4.43 Å². The molecule has 102 valence electrons. The van der Waals surface area contributed by atoms with E-state index < -0.39 is 8.32 Å². The normalized spacial score (nSPS) is 15.5. The first kappa shape index (κ1) is 17.6. The lowest BCUT2D eigenvalue weighted by Gasteiger charge is -2.38. The summed E-state index contributed by atoms with van der Waals surface area (Å²) in [7, 11) is -1.46. The van der Waals surface area contributed by atoms with Crippen molar-refractivity contribution in [2.24, 2.45) is 5.41 Å². The minimum Gasteiger partial charge on any atom is -0.414 e. The highest BCUT2D eigenvalue weighted by molar-refractivity contribution is 14.1. The molecule has 17 heavy (non-hydrogen) atoms. The molecule has 0 aliphatic rings. The first-order valence-corrected chi connectivity index (χ1v) is 11.3. The second kappa shape index (κ2) is 7.95. The molecule has 0 aliphatic heterocycles. The summed E-state index contributed by atoms with van der Waals surface area (Å²) >= 11 is 2.29. The molecular weight excluding hydrogens is 339 g/mol. The van der Waals surface area contributed by atoms with E-state index >= 15 is 0 Å². The highest BCUT2D eigenvalue weighted by Gasteiger charge is 2.32. The first-order chi connectivity index (χ1) is 7.73. The second-order valence-electron chi connectivity index (χ2n) is 6.41. The zero-order valence-corrected chi connectivity index (χ0v) is 15.5. The molecule has 0 aromatic carbocycles. The van der Waals surface area contributed by atoms with Gasteiger partial charge in [-0.1, -0.05) is 62.3 Å². The Bertz CT molecular complexity index is 231. The quantitative estimate of drug-likeness (QED) is 0.391. The Morgan fingerprint density at radius 1 is 1.29 bits per heavy atom. The van der Waals surface area contributed by atoms with E-state index in [2.05, 4.69) is 73.2 Å². The van der Waals surface area contributed by atoms with Crippen LogP contribution < -0.4 is 0 Å². The van der Waals surface area contributed by atoms with E-state index in [1.54, 1.807) is 0 Å². The Labute approximate surface area is 123 Å². The molecule has 3 heteroatoms. The maximum Gasteiger partial charge on any atom is 0.184 e. The Morgan fingerprint density at radius 2 is 1.88 bits per heavy atom. The topological polar surface area (TPSA) is 9.23 Å². The molecule has 0 heterocycles. The van der Waals surface area contributed by atoms with Gasteiger partial charge in [-0.05, 0) is 42.0 Å². The highest BCUT2D eigenvalue weighted by Crippen LogP contribution is 2.33. The minimum absolute atomic E-state index is 0.284. The van der Waals surface area contributed by atoms with Crippen LogP contribution in [0.4, 0.5) is 0 Å². The third-order valence-corrected chi connectivity index (χ3v) is 4.48. The predicted molar refractivity (Wildman–Crippen MR) is 89.3 cm³/mol. The monoisotopic (exact) mass is 368 g/mol. The van der Waals surface area contributed by atoms with Gasteiger partial charge in [0, 0.05) is 0 Å². The third-order valence-electron chi connectivity index (χ3n) is 2.98. The highest BCUT2D eigenvalue weighted by atomic mass is 127. The maximum atomic E-state index is 6.39. The van der Waals surface area contributed by atoms with Gasteiger partial charge in [0.1, 0.15) is 0 Å². The molecule has 0 bridgehead atoms. The molecule has 0 aliphatic carbocycles. The Hall–Kier alpha value is 0.647. The van der Waals surface area contributed by atoms with Crippen LogP contribution in [0.25, 0.3) is 0 Å². The van der Waals surface area contributed by atoms with E-state index in [1.807, 2.05) is 0 Å². The maximum absolute atomic E-state index is 6.39. The molecule has 0 radical (unpaired) electrons. The van der Waals surface area contributed by atoms with Crippen LogP contribution in [-0.2, 0) is 4.43 Å². The summed E-state index contributed by atoms with van der Waals surface area (Å²) < 4.78 is 8.49. The summed E-state index contributed by atoms with van der Waals surface area (Å²) in [4.78, 5) is 0. The fraction of sp³-hybridized carbons (Fsp3) is 0.857. The summed E-state index contributed by atoms with van der Waals surface area (Å²) in [5.41, 5.74) is 0.284. The molecule has 0 spiro atoms. The van der Waals surface area contributed by atoms with Crippen molar-refractivity contribution in [3.63, 3.8) is 0 Å². The number of unbranched alkanes of at least 4 members (excludes halogenated alkanes) is 1. The molecule has 1 nitrogen and oxygen atoms in total. The number of rotatable bonds is 8. The molecular formula is C14H29IOSi. The summed E-state index contributed by atoms with van der Waals surface area (Å²) in [5.74, 6) is 0. The Balaban J connectivity index is 4.64. The molecule has 0 aromatic rings. The van der Waals surface area contributed by atoms with E-state index in [9.17, 15) is 0 Å². The number of halogens is 1. The van der Waals surface area contributed by atoms with Gasteiger partial charge in [-0.2, -0.15) is 0 Å². The molecule has 0 rings (SSSR count). The molecule has 0 N–H and O–H groups in total. The van der Waals surface area contributed by atoms with Crippen molar-refractivity contribution < 1.29 is 4.43 Å². The van der Waals surface area contributed by atoms with E-state index in [0.29, 0.717) is 6.10 Å². The number of hydrogen-bond acceptors (Lipinski definition) is 1. The van der Waals surface area contributed by atoms with Crippen LogP contribution in [0, 0.1) is 5.41 Å². The van der Waals surface area contributed by atoms with Crippen LogP contribution in [0.2, 0.25) is 19.6 Å². The van der Waals surface area contributed by atoms with Crippen molar-refractivity contribution in [3.05, 3.63) is 10.2 Å². The largest absolute Gasteiger partial charge is 0.414 e. The van der Waals surface area contributed by atoms with Gasteiger partial charge in [0.2, 0.25) is 0 Å². The molecule has 0 saturated carbocycles.